The third-order valence-corrected chi connectivity index (χ3v) is 4.51. The smallest absolute Gasteiger partial charge is 0.221 e. The number of likely N-dealkylation sites (tertiary alicyclic amines) is 1. The molecule has 1 aliphatic heterocycles. The Balaban J connectivity index is 1.60. The van der Waals surface area contributed by atoms with Gasteiger partial charge in [-0.15, -0.1) is 0 Å². The van der Waals surface area contributed by atoms with Crippen molar-refractivity contribution in [2.75, 3.05) is 32.1 Å². The highest BCUT2D eigenvalue weighted by Gasteiger charge is 2.25. The van der Waals surface area contributed by atoms with Crippen molar-refractivity contribution < 1.29 is 9.53 Å². The molecule has 0 aliphatic carbocycles. The van der Waals surface area contributed by atoms with E-state index < -0.39 is 0 Å². The minimum atomic E-state index is -0.0706. The predicted octanol–water partition coefficient (Wildman–Crippen LogP) is 1.59. The van der Waals surface area contributed by atoms with Crippen molar-refractivity contribution >= 4 is 11.6 Å². The molecule has 8 nitrogen and oxygen atoms in total. The van der Waals surface area contributed by atoms with Crippen molar-refractivity contribution in [3.8, 4) is 0 Å². The number of nitrogens with zero attached hydrogens (tertiary/aromatic N) is 4. The number of carbonyl (C=O) groups excluding carboxylic acids is 1. The molecular formula is C17H26N6O2. The Morgan fingerprint density at radius 2 is 2.36 bits per heavy atom. The van der Waals surface area contributed by atoms with Crippen molar-refractivity contribution in [3.05, 3.63) is 29.8 Å². The maximum atomic E-state index is 11.3. The first-order chi connectivity index (χ1) is 12.2. The second-order valence-corrected chi connectivity index (χ2v) is 6.56. The molecule has 8 heteroatoms. The van der Waals surface area contributed by atoms with Gasteiger partial charge >= 0.3 is 0 Å². The zero-order valence-electron chi connectivity index (χ0n) is 14.9. The second-order valence-electron chi connectivity index (χ2n) is 6.56. The summed E-state index contributed by atoms with van der Waals surface area (Å²) in [5.74, 6) is 0.278. The first-order valence-corrected chi connectivity index (χ1v) is 8.69. The zero-order chi connectivity index (χ0) is 17.6. The Bertz CT molecular complexity index is 695. The normalized spacial score (nSPS) is 18.4. The summed E-state index contributed by atoms with van der Waals surface area (Å²) in [4.78, 5) is 13.8. The summed E-state index contributed by atoms with van der Waals surface area (Å²) in [5, 5.41) is 14.4. The van der Waals surface area contributed by atoms with Gasteiger partial charge in [-0.1, -0.05) is 0 Å². The first-order valence-electron chi connectivity index (χ1n) is 8.69. The lowest BCUT2D eigenvalue weighted by Crippen LogP contribution is -2.34. The Labute approximate surface area is 147 Å². The van der Waals surface area contributed by atoms with Gasteiger partial charge in [-0.3, -0.25) is 19.5 Å². The molecule has 1 fully saturated rings. The summed E-state index contributed by atoms with van der Waals surface area (Å²) in [7, 11) is 1.70. The molecule has 1 saturated heterocycles. The van der Waals surface area contributed by atoms with Gasteiger partial charge in [0, 0.05) is 44.8 Å². The highest BCUT2D eigenvalue weighted by Crippen LogP contribution is 2.30. The number of amides is 1. The number of carbonyl (C=O) groups is 1. The van der Waals surface area contributed by atoms with Gasteiger partial charge in [0.15, 0.2) is 0 Å². The lowest BCUT2D eigenvalue weighted by Gasteiger charge is -2.32. The fourth-order valence-corrected chi connectivity index (χ4v) is 3.38. The average molecular weight is 346 g/mol. The number of aromatic amines is 1. The molecule has 1 aliphatic rings. The monoisotopic (exact) mass is 346 g/mol. The predicted molar refractivity (Wildman–Crippen MR) is 94.2 cm³/mol. The fraction of sp³-hybridized carbons (Fsp3) is 0.588. The maximum Gasteiger partial charge on any atom is 0.221 e. The number of rotatable bonds is 7. The van der Waals surface area contributed by atoms with Crippen LogP contribution in [0.5, 0.6) is 0 Å². The molecule has 1 amide bonds. The van der Waals surface area contributed by atoms with Gasteiger partial charge in [0.1, 0.15) is 0 Å². The Kier molecular flexibility index (Phi) is 5.83. The summed E-state index contributed by atoms with van der Waals surface area (Å²) in [5.41, 5.74) is 3.03. The largest absolute Gasteiger partial charge is 0.383 e. The van der Waals surface area contributed by atoms with E-state index in [1.165, 1.54) is 12.5 Å². The van der Waals surface area contributed by atoms with Gasteiger partial charge in [-0.2, -0.15) is 10.2 Å². The quantitative estimate of drug-likeness (QED) is 0.795. The molecule has 136 valence electrons. The van der Waals surface area contributed by atoms with E-state index in [-0.39, 0.29) is 5.91 Å². The van der Waals surface area contributed by atoms with E-state index in [1.807, 2.05) is 10.9 Å². The van der Waals surface area contributed by atoms with E-state index >= 15 is 0 Å². The van der Waals surface area contributed by atoms with Gasteiger partial charge in [-0.05, 0) is 19.4 Å². The SMILES string of the molecule is COCCn1cc(CN2CCCC(c3[nH]ncc3NC(C)=O)C2)cn1. The summed E-state index contributed by atoms with van der Waals surface area (Å²) in [6.07, 6.45) is 7.93. The zero-order valence-corrected chi connectivity index (χ0v) is 14.9. The van der Waals surface area contributed by atoms with Crippen LogP contribution in [-0.4, -0.2) is 57.6 Å². The van der Waals surface area contributed by atoms with Crippen LogP contribution in [0.2, 0.25) is 0 Å². The van der Waals surface area contributed by atoms with Crippen molar-refractivity contribution in [2.45, 2.75) is 38.8 Å². The van der Waals surface area contributed by atoms with Crippen LogP contribution in [0.25, 0.3) is 0 Å². The van der Waals surface area contributed by atoms with Crippen molar-refractivity contribution in [1.29, 1.82) is 0 Å². The number of H-pyrrole nitrogens is 1. The fourth-order valence-electron chi connectivity index (χ4n) is 3.38. The number of piperidine rings is 1. The Morgan fingerprint density at radius 3 is 3.16 bits per heavy atom. The van der Waals surface area contributed by atoms with E-state index in [0.29, 0.717) is 12.5 Å². The molecule has 0 bridgehead atoms. The summed E-state index contributed by atoms with van der Waals surface area (Å²) in [6.45, 7) is 5.85. The van der Waals surface area contributed by atoms with Crippen molar-refractivity contribution in [1.82, 2.24) is 24.9 Å². The topological polar surface area (TPSA) is 88.1 Å². The van der Waals surface area contributed by atoms with E-state index in [4.69, 9.17) is 4.74 Å². The number of anilines is 1. The second kappa shape index (κ2) is 8.26. The minimum absolute atomic E-state index is 0.0706. The summed E-state index contributed by atoms with van der Waals surface area (Å²) < 4.78 is 7.01. The standard InChI is InChI=1S/C17H26N6O2/c1-13(24)20-16-9-18-21-17(16)15-4-3-5-22(12-15)10-14-8-19-23(11-14)6-7-25-2/h8-9,11,15H,3-7,10,12H2,1-2H3,(H,18,21)(H,20,24). The molecular weight excluding hydrogens is 320 g/mol. The maximum absolute atomic E-state index is 11.3. The van der Waals surface area contributed by atoms with Gasteiger partial charge in [0.25, 0.3) is 0 Å². The summed E-state index contributed by atoms with van der Waals surface area (Å²) >= 11 is 0. The first kappa shape index (κ1) is 17.6. The number of methoxy groups -OCH3 is 1. The van der Waals surface area contributed by atoms with Crippen LogP contribution in [0.1, 0.15) is 36.9 Å². The molecule has 3 heterocycles. The van der Waals surface area contributed by atoms with Crippen LogP contribution < -0.4 is 5.32 Å². The molecule has 2 aromatic heterocycles. The van der Waals surface area contributed by atoms with Crippen molar-refractivity contribution in [3.63, 3.8) is 0 Å². The highest BCUT2D eigenvalue weighted by molar-refractivity contribution is 5.89. The molecule has 1 atom stereocenters. The molecule has 1 unspecified atom stereocenters. The molecule has 25 heavy (non-hydrogen) atoms. The molecule has 2 aromatic rings. The van der Waals surface area contributed by atoms with Gasteiger partial charge in [0.2, 0.25) is 5.91 Å². The number of aromatic nitrogens is 4. The molecule has 0 spiro atoms. The number of hydrogen-bond donors (Lipinski definition) is 2. The molecule has 3 rings (SSSR count). The molecule has 0 radical (unpaired) electrons. The van der Waals surface area contributed by atoms with Gasteiger partial charge in [-0.25, -0.2) is 0 Å². The van der Waals surface area contributed by atoms with Crippen molar-refractivity contribution in [2.24, 2.45) is 0 Å². The minimum Gasteiger partial charge on any atom is -0.383 e. The molecule has 2 N–H and O–H groups in total. The number of nitrogens with one attached hydrogen (secondary N) is 2. The van der Waals surface area contributed by atoms with Crippen LogP contribution in [-0.2, 0) is 22.6 Å². The average Bonchev–Trinajstić information content (AvgIpc) is 3.22. The third-order valence-electron chi connectivity index (χ3n) is 4.51. The van der Waals surface area contributed by atoms with Gasteiger partial charge in [0.05, 0.1) is 36.9 Å². The van der Waals surface area contributed by atoms with E-state index in [9.17, 15) is 4.79 Å². The number of hydrogen-bond acceptors (Lipinski definition) is 5. The highest BCUT2D eigenvalue weighted by atomic mass is 16.5. The van der Waals surface area contributed by atoms with Crippen LogP contribution >= 0.6 is 0 Å². The van der Waals surface area contributed by atoms with E-state index in [1.54, 1.807) is 13.3 Å². The van der Waals surface area contributed by atoms with Crippen LogP contribution in [0.15, 0.2) is 18.6 Å². The Morgan fingerprint density at radius 1 is 1.48 bits per heavy atom. The van der Waals surface area contributed by atoms with Crippen LogP contribution in [0.4, 0.5) is 5.69 Å². The molecule has 0 aromatic carbocycles. The lowest BCUT2D eigenvalue weighted by molar-refractivity contribution is -0.114. The number of ether oxygens (including phenoxy) is 1. The van der Waals surface area contributed by atoms with E-state index in [2.05, 4.69) is 31.7 Å². The Hall–Kier alpha value is -2.19. The molecule has 0 saturated carbocycles. The van der Waals surface area contributed by atoms with Gasteiger partial charge < -0.3 is 10.1 Å². The third kappa shape index (κ3) is 4.67. The van der Waals surface area contributed by atoms with Crippen LogP contribution in [0.3, 0.4) is 0 Å². The van der Waals surface area contributed by atoms with E-state index in [0.717, 1.165) is 50.4 Å². The summed E-state index contributed by atoms with van der Waals surface area (Å²) in [6, 6.07) is 0. The van der Waals surface area contributed by atoms with Crippen LogP contribution in [0, 0.1) is 0 Å². The lowest BCUT2D eigenvalue weighted by atomic mass is 9.94.